The van der Waals surface area contributed by atoms with Gasteiger partial charge in [-0.25, -0.2) is 0 Å². The molecular weight excluding hydrogens is 440 g/mol. The maximum Gasteiger partial charge on any atom is 0.258 e. The molecule has 0 radical (unpaired) electrons. The Kier molecular flexibility index (Phi) is 5.99. The molecule has 1 atom stereocenters. The molecule has 5 nitrogen and oxygen atoms in total. The second-order valence-corrected chi connectivity index (χ2v) is 8.97. The maximum absolute atomic E-state index is 5.84. The van der Waals surface area contributed by atoms with Crippen molar-refractivity contribution in [2.75, 3.05) is 0 Å². The summed E-state index contributed by atoms with van der Waals surface area (Å²) in [5, 5.41) is 8.51. The molecule has 1 N–H and O–H groups in total. The topological polar surface area (TPSA) is 54.2 Å². The molecule has 34 heavy (non-hydrogen) atoms. The fourth-order valence-electron chi connectivity index (χ4n) is 4.25. The van der Waals surface area contributed by atoms with Crippen molar-refractivity contribution in [2.45, 2.75) is 33.4 Å². The molecule has 0 bridgehead atoms. The number of aryl methyl sites for hydroxylation is 2. The number of aromatic nitrogens is 2. The van der Waals surface area contributed by atoms with E-state index < -0.39 is 0 Å². The van der Waals surface area contributed by atoms with E-state index in [-0.39, 0.29) is 6.04 Å². The molecule has 170 valence electrons. The Morgan fingerprint density at radius 1 is 0.912 bits per heavy atom. The number of nitrogens with zero attached hydrogens (tertiary/aromatic N) is 3. The van der Waals surface area contributed by atoms with Gasteiger partial charge in [-0.05, 0) is 55.2 Å². The van der Waals surface area contributed by atoms with E-state index in [1.807, 2.05) is 48.5 Å². The quantitative estimate of drug-likeness (QED) is 0.353. The zero-order valence-electron chi connectivity index (χ0n) is 19.4. The van der Waals surface area contributed by atoms with Crippen molar-refractivity contribution in [1.29, 1.82) is 0 Å². The van der Waals surface area contributed by atoms with E-state index in [2.05, 4.69) is 66.5 Å². The molecule has 0 saturated carbocycles. The minimum absolute atomic E-state index is 0.192. The van der Waals surface area contributed by atoms with Crippen LogP contribution >= 0.6 is 12.2 Å². The van der Waals surface area contributed by atoms with Crippen LogP contribution in [-0.2, 0) is 6.54 Å². The van der Waals surface area contributed by atoms with Gasteiger partial charge < -0.3 is 14.7 Å². The first-order valence-electron chi connectivity index (χ1n) is 11.3. The van der Waals surface area contributed by atoms with Gasteiger partial charge in [-0.2, -0.15) is 4.98 Å². The lowest BCUT2D eigenvalue weighted by atomic mass is 9.92. The Balaban J connectivity index is 1.61. The van der Waals surface area contributed by atoms with Crippen molar-refractivity contribution >= 4 is 22.9 Å². The summed E-state index contributed by atoms with van der Waals surface area (Å²) >= 11 is 5.84. The largest absolute Gasteiger partial charge is 0.351 e. The lowest BCUT2D eigenvalue weighted by molar-refractivity contribution is 0.396. The number of hydrogen-bond acceptors (Lipinski definition) is 4. The SMILES string of the molecule is CC1=C(c2nc(-c3ccccc3)no2)C(c2ccc(C)c(C)c2)NC(=S)N1Cc1ccccc1. The van der Waals surface area contributed by atoms with Gasteiger partial charge in [0.05, 0.1) is 11.6 Å². The average Bonchev–Trinajstić information content (AvgIpc) is 3.34. The molecule has 4 aromatic rings. The second kappa shape index (κ2) is 9.23. The number of thiocarbonyl (C=S) groups is 1. The van der Waals surface area contributed by atoms with Gasteiger partial charge in [0.15, 0.2) is 5.11 Å². The maximum atomic E-state index is 5.84. The Morgan fingerprint density at radius 3 is 2.32 bits per heavy atom. The summed E-state index contributed by atoms with van der Waals surface area (Å²) in [6, 6.07) is 26.5. The first-order valence-corrected chi connectivity index (χ1v) is 11.7. The van der Waals surface area contributed by atoms with E-state index in [0.717, 1.165) is 22.4 Å². The van der Waals surface area contributed by atoms with Gasteiger partial charge in [0.2, 0.25) is 5.82 Å². The Bertz CT molecular complexity index is 1360. The molecule has 0 spiro atoms. The predicted octanol–water partition coefficient (Wildman–Crippen LogP) is 6.22. The fraction of sp³-hybridized carbons (Fsp3) is 0.179. The number of benzene rings is 3. The van der Waals surface area contributed by atoms with Crippen molar-refractivity contribution in [3.8, 4) is 11.4 Å². The van der Waals surface area contributed by atoms with Gasteiger partial charge in [0, 0.05) is 17.8 Å². The highest BCUT2D eigenvalue weighted by Crippen LogP contribution is 2.38. The predicted molar refractivity (Wildman–Crippen MR) is 139 cm³/mol. The lowest BCUT2D eigenvalue weighted by Gasteiger charge is -2.37. The van der Waals surface area contributed by atoms with Crippen LogP contribution in [0.3, 0.4) is 0 Å². The van der Waals surface area contributed by atoms with E-state index in [0.29, 0.717) is 23.4 Å². The highest BCUT2D eigenvalue weighted by molar-refractivity contribution is 7.80. The Labute approximate surface area is 205 Å². The molecule has 1 unspecified atom stereocenters. The molecule has 1 aliphatic heterocycles. The number of hydrogen-bond donors (Lipinski definition) is 1. The summed E-state index contributed by atoms with van der Waals surface area (Å²) in [6.07, 6.45) is 0. The summed E-state index contributed by atoms with van der Waals surface area (Å²) in [5.41, 5.74) is 7.60. The summed E-state index contributed by atoms with van der Waals surface area (Å²) in [4.78, 5) is 6.89. The molecule has 0 amide bonds. The van der Waals surface area contributed by atoms with Crippen LogP contribution in [0, 0.1) is 13.8 Å². The average molecular weight is 467 g/mol. The minimum atomic E-state index is -0.192. The highest BCUT2D eigenvalue weighted by Gasteiger charge is 2.34. The smallest absolute Gasteiger partial charge is 0.258 e. The van der Waals surface area contributed by atoms with Crippen molar-refractivity contribution in [3.05, 3.63) is 113 Å². The molecule has 2 heterocycles. The van der Waals surface area contributed by atoms with Crippen LogP contribution in [0.1, 0.15) is 41.1 Å². The lowest BCUT2D eigenvalue weighted by Crippen LogP contribution is -2.45. The van der Waals surface area contributed by atoms with Gasteiger partial charge in [0.25, 0.3) is 5.89 Å². The zero-order chi connectivity index (χ0) is 23.7. The van der Waals surface area contributed by atoms with Crippen LogP contribution in [0.25, 0.3) is 17.0 Å². The summed E-state index contributed by atoms with van der Waals surface area (Å²) < 4.78 is 5.84. The van der Waals surface area contributed by atoms with E-state index in [4.69, 9.17) is 21.7 Å². The van der Waals surface area contributed by atoms with Crippen molar-refractivity contribution in [3.63, 3.8) is 0 Å². The van der Waals surface area contributed by atoms with Crippen LogP contribution in [0.5, 0.6) is 0 Å². The molecule has 3 aromatic carbocycles. The third kappa shape index (κ3) is 4.24. The molecule has 5 rings (SSSR count). The van der Waals surface area contributed by atoms with E-state index >= 15 is 0 Å². The highest BCUT2D eigenvalue weighted by atomic mass is 32.1. The summed E-state index contributed by atoms with van der Waals surface area (Å²) in [7, 11) is 0. The standard InChI is InChI=1S/C28H26N4OS/c1-18-14-15-23(16-19(18)2)25-24(27-30-26(31-33-27)22-12-8-5-9-13-22)20(3)32(28(34)29-25)17-21-10-6-4-7-11-21/h4-16,25H,17H2,1-3H3,(H,29,34). The fourth-order valence-corrected chi connectivity index (χ4v) is 4.57. The normalized spacial score (nSPS) is 16.0. The van der Waals surface area contributed by atoms with Crippen LogP contribution in [0.2, 0.25) is 0 Å². The van der Waals surface area contributed by atoms with Crippen LogP contribution < -0.4 is 5.32 Å². The minimum Gasteiger partial charge on any atom is -0.351 e. The molecular formula is C28H26N4OS. The van der Waals surface area contributed by atoms with Crippen LogP contribution in [0.4, 0.5) is 0 Å². The molecule has 0 saturated heterocycles. The van der Waals surface area contributed by atoms with Gasteiger partial charge in [0.1, 0.15) is 0 Å². The molecule has 0 aliphatic carbocycles. The summed E-state index contributed by atoms with van der Waals surface area (Å²) in [6.45, 7) is 6.97. The van der Waals surface area contributed by atoms with Crippen molar-refractivity contribution in [1.82, 2.24) is 20.4 Å². The third-order valence-corrected chi connectivity index (χ3v) is 6.67. The van der Waals surface area contributed by atoms with E-state index in [9.17, 15) is 0 Å². The van der Waals surface area contributed by atoms with Gasteiger partial charge in [-0.3, -0.25) is 0 Å². The zero-order valence-corrected chi connectivity index (χ0v) is 20.3. The molecule has 6 heteroatoms. The van der Waals surface area contributed by atoms with Crippen LogP contribution in [0.15, 0.2) is 89.1 Å². The molecule has 0 fully saturated rings. The van der Waals surface area contributed by atoms with Crippen molar-refractivity contribution < 1.29 is 4.52 Å². The third-order valence-electron chi connectivity index (χ3n) is 6.33. The van der Waals surface area contributed by atoms with Gasteiger partial charge in [-0.15, -0.1) is 0 Å². The van der Waals surface area contributed by atoms with Gasteiger partial charge >= 0.3 is 0 Å². The monoisotopic (exact) mass is 466 g/mol. The van der Waals surface area contributed by atoms with Crippen LogP contribution in [-0.4, -0.2) is 20.2 Å². The van der Waals surface area contributed by atoms with Gasteiger partial charge in [-0.1, -0.05) is 84.0 Å². The number of nitrogens with one attached hydrogen (secondary N) is 1. The molecule has 1 aliphatic rings. The van der Waals surface area contributed by atoms with E-state index in [1.165, 1.54) is 16.7 Å². The second-order valence-electron chi connectivity index (χ2n) is 8.59. The van der Waals surface area contributed by atoms with E-state index in [1.54, 1.807) is 0 Å². The Morgan fingerprint density at radius 2 is 1.62 bits per heavy atom. The number of allylic oxidation sites excluding steroid dienone is 1. The Hall–Kier alpha value is -3.77. The first-order chi connectivity index (χ1) is 16.5. The van der Waals surface area contributed by atoms with Crippen molar-refractivity contribution in [2.24, 2.45) is 0 Å². The number of rotatable bonds is 5. The molecule has 1 aromatic heterocycles. The first kappa shape index (κ1) is 22.0. The summed E-state index contributed by atoms with van der Waals surface area (Å²) in [5.74, 6) is 1.06.